The maximum atomic E-state index is 13.0. The highest BCUT2D eigenvalue weighted by Crippen LogP contribution is 2.19. The molecule has 1 N–H and O–H groups in total. The molecule has 2 amide bonds. The number of benzene rings is 1. The van der Waals surface area contributed by atoms with Gasteiger partial charge < -0.3 is 15.0 Å². The van der Waals surface area contributed by atoms with Crippen LogP contribution < -0.4 is 5.32 Å². The Morgan fingerprint density at radius 2 is 2.32 bits per heavy atom. The minimum atomic E-state index is -0.421. The second-order valence-electron chi connectivity index (χ2n) is 5.19. The van der Waals surface area contributed by atoms with Crippen molar-refractivity contribution in [2.45, 2.75) is 13.0 Å². The Balaban J connectivity index is 1.86. The summed E-state index contributed by atoms with van der Waals surface area (Å²) in [6, 6.07) is 4.02. The smallest absolute Gasteiger partial charge is 0.225 e. The molecule has 0 radical (unpaired) electrons. The Labute approximate surface area is 133 Å². The number of nitrogens with zero attached hydrogens (tertiary/aromatic N) is 1. The van der Waals surface area contributed by atoms with E-state index in [1.807, 2.05) is 0 Å². The molecule has 1 fully saturated rings. The highest BCUT2D eigenvalue weighted by atomic mass is 35.5. The van der Waals surface area contributed by atoms with Crippen LogP contribution in [0.25, 0.3) is 0 Å². The van der Waals surface area contributed by atoms with Crippen LogP contribution in [0.4, 0.5) is 4.39 Å². The maximum absolute atomic E-state index is 13.0. The molecule has 2 rings (SSSR count). The number of methoxy groups -OCH3 is 1. The van der Waals surface area contributed by atoms with Gasteiger partial charge >= 0.3 is 0 Å². The molecule has 1 aromatic carbocycles. The topological polar surface area (TPSA) is 58.6 Å². The van der Waals surface area contributed by atoms with Crippen LogP contribution in [-0.4, -0.2) is 43.5 Å². The number of carbonyl (C=O) groups excluding carboxylic acids is 2. The summed E-state index contributed by atoms with van der Waals surface area (Å²) in [5, 5.41) is 3.01. The fourth-order valence-corrected chi connectivity index (χ4v) is 2.59. The number of rotatable bonds is 6. The van der Waals surface area contributed by atoms with Crippen LogP contribution in [0.3, 0.4) is 0 Å². The first-order valence-electron chi connectivity index (χ1n) is 6.99. The lowest BCUT2D eigenvalue weighted by Gasteiger charge is -2.16. The molecule has 22 heavy (non-hydrogen) atoms. The quantitative estimate of drug-likeness (QED) is 0.862. The molecule has 0 saturated carbocycles. The number of hydrogen-bond acceptors (Lipinski definition) is 3. The third-order valence-electron chi connectivity index (χ3n) is 3.62. The average molecular weight is 329 g/mol. The highest BCUT2D eigenvalue weighted by molar-refractivity contribution is 6.31. The summed E-state index contributed by atoms with van der Waals surface area (Å²) in [5.41, 5.74) is 0.636. The molecule has 0 aliphatic carbocycles. The van der Waals surface area contributed by atoms with E-state index < -0.39 is 5.82 Å². The van der Waals surface area contributed by atoms with Gasteiger partial charge in [0.25, 0.3) is 0 Å². The van der Waals surface area contributed by atoms with Gasteiger partial charge in [0.05, 0.1) is 12.5 Å². The number of likely N-dealkylation sites (tertiary alicyclic amines) is 1. The van der Waals surface area contributed by atoms with Crippen molar-refractivity contribution in [1.82, 2.24) is 10.2 Å². The van der Waals surface area contributed by atoms with Crippen LogP contribution in [0.1, 0.15) is 12.0 Å². The summed E-state index contributed by atoms with van der Waals surface area (Å²) < 4.78 is 17.9. The normalized spacial score (nSPS) is 17.9. The number of hydrogen-bond donors (Lipinski definition) is 1. The largest absolute Gasteiger partial charge is 0.383 e. The van der Waals surface area contributed by atoms with Gasteiger partial charge in [0.2, 0.25) is 11.8 Å². The summed E-state index contributed by atoms with van der Waals surface area (Å²) in [6.45, 7) is 1.54. The molecule has 1 saturated heterocycles. The predicted molar refractivity (Wildman–Crippen MR) is 79.8 cm³/mol. The number of carbonyl (C=O) groups is 2. The Hall–Kier alpha value is -1.66. The van der Waals surface area contributed by atoms with Crippen molar-refractivity contribution in [3.8, 4) is 0 Å². The first-order chi connectivity index (χ1) is 10.5. The summed E-state index contributed by atoms with van der Waals surface area (Å²) in [5.74, 6) is -1.04. The fraction of sp³-hybridized carbons (Fsp3) is 0.467. The van der Waals surface area contributed by atoms with E-state index in [0.29, 0.717) is 25.3 Å². The van der Waals surface area contributed by atoms with Crippen molar-refractivity contribution in [3.63, 3.8) is 0 Å². The van der Waals surface area contributed by atoms with E-state index in [2.05, 4.69) is 5.32 Å². The first kappa shape index (κ1) is 16.7. The van der Waals surface area contributed by atoms with Gasteiger partial charge in [-0.3, -0.25) is 9.59 Å². The van der Waals surface area contributed by atoms with E-state index in [-0.39, 0.29) is 35.7 Å². The van der Waals surface area contributed by atoms with Gasteiger partial charge in [0.1, 0.15) is 5.82 Å². The van der Waals surface area contributed by atoms with Crippen LogP contribution in [0.5, 0.6) is 0 Å². The van der Waals surface area contributed by atoms with E-state index >= 15 is 0 Å². The van der Waals surface area contributed by atoms with E-state index in [0.717, 1.165) is 0 Å². The van der Waals surface area contributed by atoms with Gasteiger partial charge in [-0.05, 0) is 17.7 Å². The van der Waals surface area contributed by atoms with Gasteiger partial charge in [-0.2, -0.15) is 0 Å². The lowest BCUT2D eigenvalue weighted by atomic mass is 10.1. The summed E-state index contributed by atoms with van der Waals surface area (Å²) in [6.07, 6.45) is 0.201. The van der Waals surface area contributed by atoms with Gasteiger partial charge in [-0.15, -0.1) is 0 Å². The van der Waals surface area contributed by atoms with Crippen molar-refractivity contribution in [2.24, 2.45) is 5.92 Å². The fourth-order valence-electron chi connectivity index (χ4n) is 2.36. The van der Waals surface area contributed by atoms with E-state index in [1.54, 1.807) is 12.0 Å². The molecular formula is C15H18ClFN2O3. The molecule has 1 aliphatic rings. The zero-order valence-electron chi connectivity index (χ0n) is 12.3. The Kier molecular flexibility index (Phi) is 5.74. The minimum absolute atomic E-state index is 0.0444. The minimum Gasteiger partial charge on any atom is -0.383 e. The number of nitrogens with one attached hydrogen (secondary N) is 1. The first-order valence-corrected chi connectivity index (χ1v) is 7.37. The van der Waals surface area contributed by atoms with Gasteiger partial charge in [-0.25, -0.2) is 4.39 Å². The summed E-state index contributed by atoms with van der Waals surface area (Å²) in [4.78, 5) is 25.5. The van der Waals surface area contributed by atoms with Gasteiger partial charge in [0.15, 0.2) is 0 Å². The molecule has 1 aliphatic heterocycles. The van der Waals surface area contributed by atoms with Crippen LogP contribution in [0, 0.1) is 11.7 Å². The van der Waals surface area contributed by atoms with Crippen molar-refractivity contribution in [2.75, 3.05) is 26.8 Å². The molecule has 1 heterocycles. The SMILES string of the molecule is COCCN1CC(C(=O)NCc2ccc(F)cc2Cl)CC1=O. The molecule has 1 aromatic rings. The lowest BCUT2D eigenvalue weighted by Crippen LogP contribution is -2.33. The van der Waals surface area contributed by atoms with Crippen LogP contribution in [0.2, 0.25) is 5.02 Å². The van der Waals surface area contributed by atoms with Gasteiger partial charge in [-0.1, -0.05) is 17.7 Å². The van der Waals surface area contributed by atoms with Crippen LogP contribution >= 0.6 is 11.6 Å². The van der Waals surface area contributed by atoms with Crippen molar-refractivity contribution in [1.29, 1.82) is 0 Å². The number of halogens is 2. The Morgan fingerprint density at radius 1 is 1.55 bits per heavy atom. The van der Waals surface area contributed by atoms with E-state index in [4.69, 9.17) is 16.3 Å². The third kappa shape index (κ3) is 4.18. The second kappa shape index (κ2) is 7.56. The monoisotopic (exact) mass is 328 g/mol. The predicted octanol–water partition coefficient (Wildman–Crippen LogP) is 1.59. The van der Waals surface area contributed by atoms with Gasteiger partial charge in [0, 0.05) is 38.2 Å². The lowest BCUT2D eigenvalue weighted by molar-refractivity contribution is -0.129. The van der Waals surface area contributed by atoms with E-state index in [1.165, 1.54) is 18.2 Å². The zero-order valence-corrected chi connectivity index (χ0v) is 13.0. The average Bonchev–Trinajstić information content (AvgIpc) is 2.85. The Bertz CT molecular complexity index is 568. The standard InChI is InChI=1S/C15H18ClFN2O3/c1-22-5-4-19-9-11(6-14(19)20)15(21)18-8-10-2-3-12(17)7-13(10)16/h2-3,7,11H,4-6,8-9H2,1H3,(H,18,21). The summed E-state index contributed by atoms with van der Waals surface area (Å²) >= 11 is 5.91. The molecule has 5 nitrogen and oxygen atoms in total. The van der Waals surface area contributed by atoms with Crippen LogP contribution in [-0.2, 0) is 20.9 Å². The molecule has 1 unspecified atom stereocenters. The number of amides is 2. The zero-order chi connectivity index (χ0) is 16.1. The van der Waals surface area contributed by atoms with Crippen molar-refractivity contribution in [3.05, 3.63) is 34.6 Å². The summed E-state index contributed by atoms with van der Waals surface area (Å²) in [7, 11) is 1.57. The molecular weight excluding hydrogens is 311 g/mol. The molecule has 0 spiro atoms. The molecule has 120 valence electrons. The second-order valence-corrected chi connectivity index (χ2v) is 5.59. The highest BCUT2D eigenvalue weighted by Gasteiger charge is 2.33. The molecule has 7 heteroatoms. The van der Waals surface area contributed by atoms with Crippen molar-refractivity contribution < 1.29 is 18.7 Å². The maximum Gasteiger partial charge on any atom is 0.225 e. The Morgan fingerprint density at radius 3 is 3.00 bits per heavy atom. The third-order valence-corrected chi connectivity index (χ3v) is 3.97. The van der Waals surface area contributed by atoms with Crippen molar-refractivity contribution >= 4 is 23.4 Å². The van der Waals surface area contributed by atoms with E-state index in [9.17, 15) is 14.0 Å². The molecule has 0 bridgehead atoms. The van der Waals surface area contributed by atoms with Crippen LogP contribution in [0.15, 0.2) is 18.2 Å². The molecule has 0 aromatic heterocycles. The number of ether oxygens (including phenoxy) is 1. The molecule has 1 atom stereocenters.